The van der Waals surface area contributed by atoms with E-state index in [0.29, 0.717) is 17.2 Å². The van der Waals surface area contributed by atoms with Gasteiger partial charge in [0.25, 0.3) is 10.0 Å². The highest BCUT2D eigenvalue weighted by atomic mass is 32.2. The average molecular weight is 398 g/mol. The van der Waals surface area contributed by atoms with Crippen LogP contribution in [0, 0.1) is 6.92 Å². The molecule has 7 heteroatoms. The Morgan fingerprint density at radius 2 is 1.43 bits per heavy atom. The molecule has 0 aromatic heterocycles. The Hall–Kier alpha value is -3.19. The van der Waals surface area contributed by atoms with E-state index in [0.717, 1.165) is 16.9 Å². The van der Waals surface area contributed by atoms with Crippen molar-refractivity contribution in [3.8, 4) is 11.5 Å². The zero-order valence-electron chi connectivity index (χ0n) is 15.9. The highest BCUT2D eigenvalue weighted by Gasteiger charge is 2.17. The normalized spacial score (nSPS) is 11.0. The molecule has 0 heterocycles. The number of benzene rings is 3. The van der Waals surface area contributed by atoms with Gasteiger partial charge in [0.05, 0.1) is 19.1 Å². The van der Waals surface area contributed by atoms with Crippen LogP contribution in [0.4, 0.5) is 17.1 Å². The van der Waals surface area contributed by atoms with Gasteiger partial charge in [-0.05, 0) is 55.0 Å². The molecule has 3 aromatic rings. The summed E-state index contributed by atoms with van der Waals surface area (Å²) in [7, 11) is -0.798. The lowest BCUT2D eigenvalue weighted by molar-refractivity contribution is 0.354. The SMILES string of the molecule is COc1ccc(S(=O)(=O)Nc2ccc(Nc3ccccc3C)cc2)cc1OC. The molecule has 0 saturated carbocycles. The number of anilines is 3. The molecule has 0 fully saturated rings. The minimum atomic E-state index is -3.76. The van der Waals surface area contributed by atoms with Gasteiger partial charge in [-0.15, -0.1) is 0 Å². The van der Waals surface area contributed by atoms with Gasteiger partial charge in [0.15, 0.2) is 11.5 Å². The molecule has 3 aromatic carbocycles. The third-order valence-electron chi connectivity index (χ3n) is 4.23. The summed E-state index contributed by atoms with van der Waals surface area (Å²) in [5.74, 6) is 0.816. The molecular weight excluding hydrogens is 376 g/mol. The Kier molecular flexibility index (Phi) is 5.75. The van der Waals surface area contributed by atoms with Crippen LogP contribution in [0.3, 0.4) is 0 Å². The maximum atomic E-state index is 12.7. The van der Waals surface area contributed by atoms with Gasteiger partial charge in [0, 0.05) is 23.1 Å². The summed E-state index contributed by atoms with van der Waals surface area (Å²) in [6.07, 6.45) is 0. The van der Waals surface area contributed by atoms with Crippen molar-refractivity contribution in [2.75, 3.05) is 24.3 Å². The van der Waals surface area contributed by atoms with E-state index in [9.17, 15) is 8.42 Å². The van der Waals surface area contributed by atoms with Crippen molar-refractivity contribution in [3.05, 3.63) is 72.3 Å². The molecule has 0 bridgehead atoms. The Labute approximate surface area is 165 Å². The fourth-order valence-corrected chi connectivity index (χ4v) is 3.76. The molecule has 0 aliphatic rings. The van der Waals surface area contributed by atoms with Gasteiger partial charge in [-0.1, -0.05) is 18.2 Å². The summed E-state index contributed by atoms with van der Waals surface area (Å²) < 4.78 is 38.2. The largest absolute Gasteiger partial charge is 0.493 e. The molecule has 28 heavy (non-hydrogen) atoms. The van der Waals surface area contributed by atoms with Crippen LogP contribution in [0.25, 0.3) is 0 Å². The van der Waals surface area contributed by atoms with Gasteiger partial charge in [-0.25, -0.2) is 8.42 Å². The van der Waals surface area contributed by atoms with E-state index in [-0.39, 0.29) is 4.90 Å². The lowest BCUT2D eigenvalue weighted by Gasteiger charge is -2.13. The van der Waals surface area contributed by atoms with Gasteiger partial charge in [0.2, 0.25) is 0 Å². The molecule has 2 N–H and O–H groups in total. The summed E-state index contributed by atoms with van der Waals surface area (Å²) in [6.45, 7) is 2.02. The van der Waals surface area contributed by atoms with Crippen LogP contribution in [0.5, 0.6) is 11.5 Å². The molecule has 0 amide bonds. The van der Waals surface area contributed by atoms with Gasteiger partial charge in [-0.2, -0.15) is 0 Å². The molecule has 6 nitrogen and oxygen atoms in total. The predicted molar refractivity (Wildman–Crippen MR) is 111 cm³/mol. The molecule has 0 radical (unpaired) electrons. The first kappa shape index (κ1) is 19.6. The molecule has 0 saturated heterocycles. The lowest BCUT2D eigenvalue weighted by Crippen LogP contribution is -2.13. The zero-order chi connectivity index (χ0) is 20.1. The fourth-order valence-electron chi connectivity index (χ4n) is 2.69. The predicted octanol–water partition coefficient (Wildman–Crippen LogP) is 4.56. The minimum Gasteiger partial charge on any atom is -0.493 e. The number of sulfonamides is 1. The first-order chi connectivity index (χ1) is 13.4. The van der Waals surface area contributed by atoms with E-state index in [4.69, 9.17) is 9.47 Å². The Balaban J connectivity index is 1.77. The lowest BCUT2D eigenvalue weighted by atomic mass is 10.2. The molecule has 146 valence electrons. The van der Waals surface area contributed by atoms with E-state index in [1.165, 1.54) is 26.4 Å². The highest BCUT2D eigenvalue weighted by Crippen LogP contribution is 2.30. The number of nitrogens with one attached hydrogen (secondary N) is 2. The van der Waals surface area contributed by atoms with Crippen LogP contribution >= 0.6 is 0 Å². The fraction of sp³-hybridized carbons (Fsp3) is 0.143. The number of hydrogen-bond donors (Lipinski definition) is 2. The van der Waals surface area contributed by atoms with Crippen LogP contribution in [-0.4, -0.2) is 22.6 Å². The Bertz CT molecular complexity index is 1060. The first-order valence-electron chi connectivity index (χ1n) is 8.60. The van der Waals surface area contributed by atoms with E-state index in [2.05, 4.69) is 10.0 Å². The first-order valence-corrected chi connectivity index (χ1v) is 10.1. The number of ether oxygens (including phenoxy) is 2. The smallest absolute Gasteiger partial charge is 0.262 e. The summed E-state index contributed by atoms with van der Waals surface area (Å²) in [5.41, 5.74) is 3.45. The number of para-hydroxylation sites is 1. The molecular formula is C21H22N2O4S. The second-order valence-corrected chi connectivity index (χ2v) is 7.82. The molecule has 0 atom stereocenters. The molecule has 0 unspecified atom stereocenters. The van der Waals surface area contributed by atoms with Gasteiger partial charge >= 0.3 is 0 Å². The van der Waals surface area contributed by atoms with Crippen LogP contribution in [0.1, 0.15) is 5.56 Å². The zero-order valence-corrected chi connectivity index (χ0v) is 16.7. The quantitative estimate of drug-likeness (QED) is 0.610. The van der Waals surface area contributed by atoms with Crippen LogP contribution in [0.2, 0.25) is 0 Å². The summed E-state index contributed by atoms with van der Waals surface area (Å²) in [5, 5.41) is 3.31. The monoisotopic (exact) mass is 398 g/mol. The molecule has 3 rings (SSSR count). The molecule has 0 aliphatic heterocycles. The third-order valence-corrected chi connectivity index (χ3v) is 5.61. The highest BCUT2D eigenvalue weighted by molar-refractivity contribution is 7.92. The molecule has 0 spiro atoms. The van der Waals surface area contributed by atoms with Crippen molar-refractivity contribution in [1.29, 1.82) is 0 Å². The maximum absolute atomic E-state index is 12.7. The summed E-state index contributed by atoms with van der Waals surface area (Å²) in [6, 6.07) is 19.5. The number of rotatable bonds is 7. The van der Waals surface area contributed by atoms with E-state index in [1.54, 1.807) is 18.2 Å². The third kappa shape index (κ3) is 4.37. The van der Waals surface area contributed by atoms with Crippen molar-refractivity contribution in [1.82, 2.24) is 0 Å². The maximum Gasteiger partial charge on any atom is 0.262 e. The second-order valence-electron chi connectivity index (χ2n) is 6.14. The van der Waals surface area contributed by atoms with Crippen molar-refractivity contribution in [2.24, 2.45) is 0 Å². The topological polar surface area (TPSA) is 76.7 Å². The van der Waals surface area contributed by atoms with Crippen molar-refractivity contribution in [3.63, 3.8) is 0 Å². The standard InChI is InChI=1S/C21H22N2O4S/c1-15-6-4-5-7-19(15)22-16-8-10-17(11-9-16)23-28(24,25)18-12-13-20(26-2)21(14-18)27-3/h4-14,22-23H,1-3H3. The number of hydrogen-bond acceptors (Lipinski definition) is 5. The second kappa shape index (κ2) is 8.22. The van der Waals surface area contributed by atoms with Crippen molar-refractivity contribution >= 4 is 27.1 Å². The van der Waals surface area contributed by atoms with Crippen LogP contribution < -0.4 is 19.5 Å². The van der Waals surface area contributed by atoms with E-state index < -0.39 is 10.0 Å². The van der Waals surface area contributed by atoms with Crippen LogP contribution in [-0.2, 0) is 10.0 Å². The van der Waals surface area contributed by atoms with E-state index >= 15 is 0 Å². The number of aryl methyl sites for hydroxylation is 1. The number of methoxy groups -OCH3 is 2. The minimum absolute atomic E-state index is 0.0901. The average Bonchev–Trinajstić information content (AvgIpc) is 2.70. The molecule has 0 aliphatic carbocycles. The summed E-state index contributed by atoms with van der Waals surface area (Å²) >= 11 is 0. The van der Waals surface area contributed by atoms with Crippen molar-refractivity contribution < 1.29 is 17.9 Å². The van der Waals surface area contributed by atoms with Gasteiger partial charge in [-0.3, -0.25) is 4.72 Å². The Morgan fingerprint density at radius 3 is 2.07 bits per heavy atom. The van der Waals surface area contributed by atoms with Gasteiger partial charge in [0.1, 0.15) is 0 Å². The Morgan fingerprint density at radius 1 is 0.786 bits per heavy atom. The van der Waals surface area contributed by atoms with Crippen LogP contribution in [0.15, 0.2) is 71.6 Å². The van der Waals surface area contributed by atoms with Crippen molar-refractivity contribution in [2.45, 2.75) is 11.8 Å². The van der Waals surface area contributed by atoms with Gasteiger partial charge < -0.3 is 14.8 Å². The summed E-state index contributed by atoms with van der Waals surface area (Å²) in [4.78, 5) is 0.0901. The van der Waals surface area contributed by atoms with E-state index in [1.807, 2.05) is 43.3 Å².